The van der Waals surface area contributed by atoms with Crippen molar-refractivity contribution in [3.8, 4) is 11.5 Å². The van der Waals surface area contributed by atoms with Gasteiger partial charge < -0.3 is 19.5 Å². The van der Waals surface area contributed by atoms with Crippen LogP contribution in [0.2, 0.25) is 0 Å². The highest BCUT2D eigenvalue weighted by Crippen LogP contribution is 2.32. The van der Waals surface area contributed by atoms with E-state index in [-0.39, 0.29) is 5.60 Å². The zero-order valence-electron chi connectivity index (χ0n) is 11.3. The van der Waals surface area contributed by atoms with Gasteiger partial charge in [-0.1, -0.05) is 0 Å². The highest BCUT2D eigenvalue weighted by atomic mass is 16.6. The van der Waals surface area contributed by atoms with Crippen molar-refractivity contribution >= 4 is 5.69 Å². The summed E-state index contributed by atoms with van der Waals surface area (Å²) in [5, 5.41) is 3.37. The van der Waals surface area contributed by atoms with Crippen LogP contribution in [0.15, 0.2) is 18.2 Å². The first kappa shape index (κ1) is 13.0. The van der Waals surface area contributed by atoms with Gasteiger partial charge in [0.2, 0.25) is 0 Å². The van der Waals surface area contributed by atoms with E-state index in [1.54, 1.807) is 7.11 Å². The molecule has 0 amide bonds. The summed E-state index contributed by atoms with van der Waals surface area (Å²) in [6, 6.07) is 5.93. The van der Waals surface area contributed by atoms with Crippen molar-refractivity contribution in [3.63, 3.8) is 0 Å². The van der Waals surface area contributed by atoms with Gasteiger partial charge in [-0.2, -0.15) is 0 Å². The number of methoxy groups -OCH3 is 1. The van der Waals surface area contributed by atoms with Gasteiger partial charge >= 0.3 is 0 Å². The minimum Gasteiger partial charge on any atom is -0.486 e. The summed E-state index contributed by atoms with van der Waals surface area (Å²) in [7, 11) is 1.74. The Bertz CT molecular complexity index is 404. The summed E-state index contributed by atoms with van der Waals surface area (Å²) in [5.41, 5.74) is 0.951. The van der Waals surface area contributed by atoms with Gasteiger partial charge in [0.05, 0.1) is 5.60 Å². The molecule has 1 aliphatic heterocycles. The number of hydrogen-bond donors (Lipinski definition) is 1. The number of rotatable bonds is 5. The number of nitrogens with one attached hydrogen (secondary N) is 1. The Kier molecular flexibility index (Phi) is 3.97. The highest BCUT2D eigenvalue weighted by Gasteiger charge is 2.16. The highest BCUT2D eigenvalue weighted by molar-refractivity contribution is 5.55. The standard InChI is InChI=1S/C14H21NO3/c1-14(2,16-3)6-7-15-11-4-5-12-13(10-11)18-9-8-17-12/h4-5,10,15H,6-9H2,1-3H3. The number of hydrogen-bond acceptors (Lipinski definition) is 4. The van der Waals surface area contributed by atoms with Crippen LogP contribution in [-0.2, 0) is 4.74 Å². The summed E-state index contributed by atoms with van der Waals surface area (Å²) in [4.78, 5) is 0. The maximum atomic E-state index is 5.54. The lowest BCUT2D eigenvalue weighted by atomic mass is 10.1. The van der Waals surface area contributed by atoms with Crippen molar-refractivity contribution in [2.24, 2.45) is 0 Å². The van der Waals surface area contributed by atoms with E-state index in [0.717, 1.165) is 30.2 Å². The molecule has 0 saturated carbocycles. The van der Waals surface area contributed by atoms with Gasteiger partial charge in [-0.25, -0.2) is 0 Å². The molecule has 1 aromatic carbocycles. The Morgan fingerprint density at radius 1 is 1.22 bits per heavy atom. The Morgan fingerprint density at radius 2 is 1.94 bits per heavy atom. The first-order chi connectivity index (χ1) is 8.61. The maximum Gasteiger partial charge on any atom is 0.163 e. The third kappa shape index (κ3) is 3.29. The molecule has 0 aliphatic carbocycles. The normalized spacial score (nSPS) is 14.4. The van der Waals surface area contributed by atoms with Gasteiger partial charge in [0.1, 0.15) is 13.2 Å². The van der Waals surface area contributed by atoms with E-state index in [4.69, 9.17) is 14.2 Å². The summed E-state index contributed by atoms with van der Waals surface area (Å²) in [5.74, 6) is 1.64. The number of benzene rings is 1. The quantitative estimate of drug-likeness (QED) is 0.873. The molecule has 0 bridgehead atoms. The average molecular weight is 251 g/mol. The fourth-order valence-corrected chi connectivity index (χ4v) is 1.76. The average Bonchev–Trinajstić information content (AvgIpc) is 2.38. The van der Waals surface area contributed by atoms with E-state index in [2.05, 4.69) is 19.2 Å². The van der Waals surface area contributed by atoms with Crippen LogP contribution in [0.4, 0.5) is 5.69 Å². The molecule has 1 aromatic rings. The Labute approximate surface area is 108 Å². The van der Waals surface area contributed by atoms with E-state index in [1.165, 1.54) is 0 Å². The summed E-state index contributed by atoms with van der Waals surface area (Å²) in [6.45, 7) is 6.27. The topological polar surface area (TPSA) is 39.7 Å². The summed E-state index contributed by atoms with van der Waals surface area (Å²) < 4.78 is 16.4. The second-order valence-corrected chi connectivity index (χ2v) is 5.00. The predicted molar refractivity (Wildman–Crippen MR) is 71.6 cm³/mol. The molecule has 4 nitrogen and oxygen atoms in total. The molecular weight excluding hydrogens is 230 g/mol. The zero-order valence-corrected chi connectivity index (χ0v) is 11.3. The zero-order chi connectivity index (χ0) is 13.0. The predicted octanol–water partition coefficient (Wildman–Crippen LogP) is 2.68. The summed E-state index contributed by atoms with van der Waals surface area (Å²) >= 11 is 0. The first-order valence-corrected chi connectivity index (χ1v) is 6.29. The second kappa shape index (κ2) is 5.48. The molecule has 1 heterocycles. The smallest absolute Gasteiger partial charge is 0.163 e. The molecule has 0 spiro atoms. The third-order valence-electron chi connectivity index (χ3n) is 3.15. The SMILES string of the molecule is COC(C)(C)CCNc1ccc2c(c1)OCCO2. The van der Waals surface area contributed by atoms with Crippen LogP contribution in [-0.4, -0.2) is 32.5 Å². The fourth-order valence-electron chi connectivity index (χ4n) is 1.76. The lowest BCUT2D eigenvalue weighted by Gasteiger charge is -2.23. The van der Waals surface area contributed by atoms with Gasteiger partial charge in [0.25, 0.3) is 0 Å². The minimum atomic E-state index is -0.0964. The lowest BCUT2D eigenvalue weighted by molar-refractivity contribution is 0.0185. The molecule has 18 heavy (non-hydrogen) atoms. The molecule has 0 aromatic heterocycles. The molecule has 0 saturated heterocycles. The van der Waals surface area contributed by atoms with Crippen LogP contribution in [0.3, 0.4) is 0 Å². The van der Waals surface area contributed by atoms with Crippen molar-refractivity contribution in [2.45, 2.75) is 25.9 Å². The molecule has 0 unspecified atom stereocenters. The van der Waals surface area contributed by atoms with Gasteiger partial charge in [0, 0.05) is 25.4 Å². The monoisotopic (exact) mass is 251 g/mol. The van der Waals surface area contributed by atoms with Crippen LogP contribution < -0.4 is 14.8 Å². The molecule has 0 radical (unpaired) electrons. The minimum absolute atomic E-state index is 0.0964. The molecular formula is C14H21NO3. The second-order valence-electron chi connectivity index (χ2n) is 5.00. The lowest BCUT2D eigenvalue weighted by Crippen LogP contribution is -2.25. The molecule has 2 rings (SSSR count). The van der Waals surface area contributed by atoms with E-state index < -0.39 is 0 Å². The number of ether oxygens (including phenoxy) is 3. The van der Waals surface area contributed by atoms with Crippen molar-refractivity contribution in [1.29, 1.82) is 0 Å². The van der Waals surface area contributed by atoms with E-state index in [1.807, 2.05) is 18.2 Å². The van der Waals surface area contributed by atoms with Gasteiger partial charge in [-0.3, -0.25) is 0 Å². The van der Waals surface area contributed by atoms with E-state index >= 15 is 0 Å². The van der Waals surface area contributed by atoms with Crippen molar-refractivity contribution in [1.82, 2.24) is 0 Å². The van der Waals surface area contributed by atoms with Gasteiger partial charge in [0.15, 0.2) is 11.5 Å². The molecule has 4 heteroatoms. The van der Waals surface area contributed by atoms with E-state index in [9.17, 15) is 0 Å². The first-order valence-electron chi connectivity index (χ1n) is 6.29. The Hall–Kier alpha value is -1.42. The van der Waals surface area contributed by atoms with Crippen LogP contribution in [0.25, 0.3) is 0 Å². The third-order valence-corrected chi connectivity index (χ3v) is 3.15. The van der Waals surface area contributed by atoms with Crippen LogP contribution >= 0.6 is 0 Å². The van der Waals surface area contributed by atoms with Crippen molar-refractivity contribution in [2.75, 3.05) is 32.2 Å². The van der Waals surface area contributed by atoms with Crippen LogP contribution in [0.1, 0.15) is 20.3 Å². The molecule has 100 valence electrons. The van der Waals surface area contributed by atoms with Crippen LogP contribution in [0.5, 0.6) is 11.5 Å². The molecule has 0 fully saturated rings. The summed E-state index contributed by atoms with van der Waals surface area (Å²) in [6.07, 6.45) is 0.942. The van der Waals surface area contributed by atoms with Crippen molar-refractivity contribution < 1.29 is 14.2 Å². The van der Waals surface area contributed by atoms with E-state index in [0.29, 0.717) is 13.2 Å². The number of fused-ring (bicyclic) bond motifs is 1. The maximum absolute atomic E-state index is 5.54. The van der Waals surface area contributed by atoms with Crippen molar-refractivity contribution in [3.05, 3.63) is 18.2 Å². The largest absolute Gasteiger partial charge is 0.486 e. The Balaban J connectivity index is 1.90. The Morgan fingerprint density at radius 3 is 2.67 bits per heavy atom. The molecule has 1 aliphatic rings. The number of anilines is 1. The molecule has 0 atom stereocenters. The molecule has 1 N–H and O–H groups in total. The fraction of sp³-hybridized carbons (Fsp3) is 0.571. The van der Waals surface area contributed by atoms with Crippen LogP contribution in [0, 0.1) is 0 Å². The van der Waals surface area contributed by atoms with Gasteiger partial charge in [-0.15, -0.1) is 0 Å². The van der Waals surface area contributed by atoms with Gasteiger partial charge in [-0.05, 0) is 32.4 Å².